The quantitative estimate of drug-likeness (QED) is 0.634. The number of carboxylic acids is 1. The molecule has 1 amide bonds. The van der Waals surface area contributed by atoms with Crippen LogP contribution in [0.5, 0.6) is 0 Å². The molecule has 0 saturated carbocycles. The normalized spacial score (nSPS) is 31.0. The molecule has 0 aromatic carbocycles. The van der Waals surface area contributed by atoms with Crippen molar-refractivity contribution in [1.82, 2.24) is 4.90 Å². The first kappa shape index (κ1) is 8.29. The Balaban J connectivity index is 2.18. The summed E-state index contributed by atoms with van der Waals surface area (Å²) in [7, 11) is 0. The van der Waals surface area contributed by atoms with Crippen LogP contribution in [0.1, 0.15) is 19.8 Å². The highest BCUT2D eigenvalue weighted by Gasteiger charge is 2.51. The lowest BCUT2D eigenvalue weighted by Gasteiger charge is -2.43. The van der Waals surface area contributed by atoms with Crippen LogP contribution in [-0.4, -0.2) is 27.9 Å². The molecule has 2 aliphatic heterocycles. The standard InChI is InChI=1S/C9H11NO3/c1-2-5-6-3-4-7(9(12)13)10(6)8(5)11/h4-6H,2-3H2,1H3,(H,12,13). The van der Waals surface area contributed by atoms with Gasteiger partial charge in [0.15, 0.2) is 0 Å². The first-order valence-electron chi connectivity index (χ1n) is 4.43. The molecule has 0 radical (unpaired) electrons. The molecule has 0 aliphatic carbocycles. The van der Waals surface area contributed by atoms with Gasteiger partial charge in [-0.05, 0) is 12.8 Å². The van der Waals surface area contributed by atoms with Crippen LogP contribution in [0.4, 0.5) is 0 Å². The van der Waals surface area contributed by atoms with Gasteiger partial charge in [0, 0.05) is 0 Å². The van der Waals surface area contributed by atoms with E-state index < -0.39 is 5.97 Å². The number of hydrogen-bond acceptors (Lipinski definition) is 2. The van der Waals surface area contributed by atoms with Crippen LogP contribution in [0.25, 0.3) is 0 Å². The molecule has 4 nitrogen and oxygen atoms in total. The first-order valence-corrected chi connectivity index (χ1v) is 4.43. The van der Waals surface area contributed by atoms with E-state index in [-0.39, 0.29) is 23.6 Å². The minimum atomic E-state index is -0.995. The van der Waals surface area contributed by atoms with Gasteiger partial charge in [0.05, 0.1) is 12.0 Å². The summed E-state index contributed by atoms with van der Waals surface area (Å²) in [5, 5.41) is 8.75. The van der Waals surface area contributed by atoms with E-state index in [4.69, 9.17) is 5.11 Å². The Morgan fingerprint density at radius 2 is 2.46 bits per heavy atom. The molecule has 2 rings (SSSR count). The van der Waals surface area contributed by atoms with Crippen molar-refractivity contribution in [3.8, 4) is 0 Å². The van der Waals surface area contributed by atoms with Gasteiger partial charge in [-0.2, -0.15) is 0 Å². The number of carbonyl (C=O) groups excluding carboxylic acids is 1. The maximum absolute atomic E-state index is 11.4. The van der Waals surface area contributed by atoms with Gasteiger partial charge in [0.1, 0.15) is 5.70 Å². The van der Waals surface area contributed by atoms with Crippen LogP contribution in [0.2, 0.25) is 0 Å². The van der Waals surface area contributed by atoms with E-state index in [9.17, 15) is 9.59 Å². The highest BCUT2D eigenvalue weighted by molar-refractivity contribution is 5.98. The number of carboxylic acid groups (broad SMARTS) is 1. The average Bonchev–Trinajstić information content (AvgIpc) is 2.45. The number of rotatable bonds is 2. The third kappa shape index (κ3) is 0.913. The molecule has 1 saturated heterocycles. The van der Waals surface area contributed by atoms with Crippen molar-refractivity contribution in [2.24, 2.45) is 5.92 Å². The summed E-state index contributed by atoms with van der Waals surface area (Å²) < 4.78 is 0. The summed E-state index contributed by atoms with van der Waals surface area (Å²) in [5.74, 6) is -0.975. The van der Waals surface area contributed by atoms with Gasteiger partial charge in [0.25, 0.3) is 0 Å². The van der Waals surface area contributed by atoms with Gasteiger partial charge in [0.2, 0.25) is 5.91 Å². The van der Waals surface area contributed by atoms with Crippen molar-refractivity contribution in [3.63, 3.8) is 0 Å². The number of carbonyl (C=O) groups is 2. The molecule has 2 aliphatic rings. The van der Waals surface area contributed by atoms with E-state index in [2.05, 4.69) is 0 Å². The Hall–Kier alpha value is -1.32. The molecule has 2 unspecified atom stereocenters. The van der Waals surface area contributed by atoms with Crippen LogP contribution in [0, 0.1) is 5.92 Å². The predicted octanol–water partition coefficient (Wildman–Crippen LogP) is 0.596. The lowest BCUT2D eigenvalue weighted by molar-refractivity contribution is -0.155. The topological polar surface area (TPSA) is 57.6 Å². The SMILES string of the molecule is CCC1C(=O)N2C(C(=O)O)=CCC12. The van der Waals surface area contributed by atoms with Crippen molar-refractivity contribution < 1.29 is 14.7 Å². The van der Waals surface area contributed by atoms with E-state index in [1.807, 2.05) is 6.92 Å². The molecule has 2 heterocycles. The molecule has 1 N–H and O–H groups in total. The molecule has 0 aromatic heterocycles. The maximum Gasteiger partial charge on any atom is 0.352 e. The lowest BCUT2D eigenvalue weighted by atomic mass is 9.85. The summed E-state index contributed by atoms with van der Waals surface area (Å²) >= 11 is 0. The zero-order valence-corrected chi connectivity index (χ0v) is 7.36. The Morgan fingerprint density at radius 3 is 3.00 bits per heavy atom. The van der Waals surface area contributed by atoms with Gasteiger partial charge in [-0.25, -0.2) is 4.79 Å². The molecule has 13 heavy (non-hydrogen) atoms. The molecule has 1 fully saturated rings. The summed E-state index contributed by atoms with van der Waals surface area (Å²) in [6.45, 7) is 1.96. The van der Waals surface area contributed by atoms with E-state index in [1.54, 1.807) is 6.08 Å². The van der Waals surface area contributed by atoms with E-state index >= 15 is 0 Å². The maximum atomic E-state index is 11.4. The molecule has 0 spiro atoms. The van der Waals surface area contributed by atoms with E-state index in [1.165, 1.54) is 4.90 Å². The molecule has 0 aromatic rings. The molecular weight excluding hydrogens is 170 g/mol. The van der Waals surface area contributed by atoms with Crippen molar-refractivity contribution in [2.75, 3.05) is 0 Å². The minimum absolute atomic E-state index is 0.0290. The van der Waals surface area contributed by atoms with Crippen molar-refractivity contribution in [3.05, 3.63) is 11.8 Å². The summed E-state index contributed by atoms with van der Waals surface area (Å²) in [4.78, 5) is 23.5. The Labute approximate surface area is 75.8 Å². The predicted molar refractivity (Wildman–Crippen MR) is 44.8 cm³/mol. The molecule has 4 heteroatoms. The van der Waals surface area contributed by atoms with Gasteiger partial charge in [-0.3, -0.25) is 4.79 Å². The number of nitrogens with zero attached hydrogens (tertiary/aromatic N) is 1. The monoisotopic (exact) mass is 181 g/mol. The molecule has 70 valence electrons. The second kappa shape index (κ2) is 2.58. The Bertz CT molecular complexity index is 308. The van der Waals surface area contributed by atoms with Gasteiger partial charge >= 0.3 is 5.97 Å². The third-order valence-electron chi connectivity index (χ3n) is 2.82. The van der Waals surface area contributed by atoms with Gasteiger partial charge < -0.3 is 10.0 Å². The second-order valence-corrected chi connectivity index (χ2v) is 3.42. The van der Waals surface area contributed by atoms with Crippen LogP contribution in [-0.2, 0) is 9.59 Å². The van der Waals surface area contributed by atoms with Crippen molar-refractivity contribution in [2.45, 2.75) is 25.8 Å². The summed E-state index contributed by atoms with van der Waals surface area (Å²) in [5.41, 5.74) is 0.166. The van der Waals surface area contributed by atoms with Gasteiger partial charge in [-0.1, -0.05) is 13.0 Å². The van der Waals surface area contributed by atoms with Crippen LogP contribution in [0.15, 0.2) is 11.8 Å². The third-order valence-corrected chi connectivity index (χ3v) is 2.82. The highest BCUT2D eigenvalue weighted by atomic mass is 16.4. The van der Waals surface area contributed by atoms with Crippen LogP contribution < -0.4 is 0 Å². The number of aliphatic carboxylic acids is 1. The van der Waals surface area contributed by atoms with Crippen molar-refractivity contribution in [1.29, 1.82) is 0 Å². The van der Waals surface area contributed by atoms with Crippen LogP contribution >= 0.6 is 0 Å². The molecular formula is C9H11NO3. The molecule has 2 atom stereocenters. The number of fused-ring (bicyclic) bond motifs is 1. The average molecular weight is 181 g/mol. The zero-order chi connectivity index (χ0) is 9.59. The Kier molecular flexibility index (Phi) is 1.65. The highest BCUT2D eigenvalue weighted by Crippen LogP contribution is 2.39. The van der Waals surface area contributed by atoms with E-state index in [0.717, 1.165) is 6.42 Å². The lowest BCUT2D eigenvalue weighted by Crippen LogP contribution is -2.58. The largest absolute Gasteiger partial charge is 0.477 e. The number of hydrogen-bond donors (Lipinski definition) is 1. The first-order chi connectivity index (χ1) is 6.16. The van der Waals surface area contributed by atoms with Gasteiger partial charge in [-0.15, -0.1) is 0 Å². The fourth-order valence-corrected chi connectivity index (χ4v) is 2.14. The summed E-state index contributed by atoms with van der Waals surface area (Å²) in [6, 6.07) is 0.128. The van der Waals surface area contributed by atoms with E-state index in [0.29, 0.717) is 6.42 Å². The number of β-lactam (4-membered cyclic amide) rings is 1. The Morgan fingerprint density at radius 1 is 1.77 bits per heavy atom. The summed E-state index contributed by atoms with van der Waals surface area (Å²) in [6.07, 6.45) is 3.15. The number of amides is 1. The minimum Gasteiger partial charge on any atom is -0.477 e. The molecule has 0 bridgehead atoms. The second-order valence-electron chi connectivity index (χ2n) is 3.42. The van der Waals surface area contributed by atoms with Crippen LogP contribution in [0.3, 0.4) is 0 Å². The fourth-order valence-electron chi connectivity index (χ4n) is 2.14. The zero-order valence-electron chi connectivity index (χ0n) is 7.36. The fraction of sp³-hybridized carbons (Fsp3) is 0.556. The smallest absolute Gasteiger partial charge is 0.352 e. The van der Waals surface area contributed by atoms with Crippen molar-refractivity contribution >= 4 is 11.9 Å².